The first-order chi connectivity index (χ1) is 16.9. The van der Waals surface area contributed by atoms with Crippen LogP contribution in [0.5, 0.6) is 23.0 Å². The van der Waals surface area contributed by atoms with E-state index < -0.39 is 27.5 Å². The first kappa shape index (κ1) is 27.2. The van der Waals surface area contributed by atoms with Crippen LogP contribution in [-0.4, -0.2) is 51.6 Å². The van der Waals surface area contributed by atoms with Gasteiger partial charge in [-0.15, -0.1) is 0 Å². The molecule has 0 aliphatic carbocycles. The molecule has 0 unspecified atom stereocenters. The smallest absolute Gasteiger partial charge is 0.338 e. The Labute approximate surface area is 209 Å². The van der Waals surface area contributed by atoms with Crippen molar-refractivity contribution >= 4 is 27.0 Å². The number of hydrogen-bond donors (Lipinski definition) is 0. The Morgan fingerprint density at radius 1 is 1.00 bits per heavy atom. The predicted octanol–water partition coefficient (Wildman–Crippen LogP) is 4.88. The first-order valence-corrected chi connectivity index (χ1v) is 12.8. The monoisotopic (exact) mass is 521 g/mol. The summed E-state index contributed by atoms with van der Waals surface area (Å²) in [6.45, 7) is 5.36. The lowest BCUT2D eigenvalue weighted by Gasteiger charge is -2.19. The molecule has 0 aliphatic rings. The van der Waals surface area contributed by atoms with Gasteiger partial charge in [-0.1, -0.05) is 0 Å². The molecule has 11 heteroatoms. The van der Waals surface area contributed by atoms with E-state index >= 15 is 0 Å². The summed E-state index contributed by atoms with van der Waals surface area (Å²) in [5.74, 6) is -0.365. The zero-order chi connectivity index (χ0) is 26.5. The van der Waals surface area contributed by atoms with Crippen LogP contribution in [-0.2, 0) is 19.0 Å². The lowest BCUT2D eigenvalue weighted by atomic mass is 10.1. The molecule has 36 heavy (non-hydrogen) atoms. The van der Waals surface area contributed by atoms with Gasteiger partial charge in [0, 0.05) is 24.1 Å². The molecule has 0 saturated carbocycles. The standard InChI is InChI=1S/C25H28FNO8S/c1-25(2,3)35-24(28)16-7-8-21(18(26)13-16)34-20-9-10-27-19-15-23(22(31-4)14-17(19)20)32-11-6-12-33-36(5,29)30/h7-10,13-15H,6,11-12H2,1-5H3. The maximum absolute atomic E-state index is 14.8. The van der Waals surface area contributed by atoms with E-state index in [4.69, 9.17) is 23.1 Å². The number of carbonyl (C=O) groups excluding carboxylic acids is 1. The Balaban J connectivity index is 1.79. The van der Waals surface area contributed by atoms with Gasteiger partial charge < -0.3 is 18.9 Å². The van der Waals surface area contributed by atoms with Crippen LogP contribution >= 0.6 is 0 Å². The van der Waals surface area contributed by atoms with Gasteiger partial charge in [0.1, 0.15) is 11.4 Å². The van der Waals surface area contributed by atoms with E-state index in [0.717, 1.165) is 12.3 Å². The fourth-order valence-electron chi connectivity index (χ4n) is 3.11. The number of aromatic nitrogens is 1. The molecule has 194 valence electrons. The lowest BCUT2D eigenvalue weighted by molar-refractivity contribution is 0.00689. The van der Waals surface area contributed by atoms with E-state index in [9.17, 15) is 17.6 Å². The molecule has 1 heterocycles. The highest BCUT2D eigenvalue weighted by Gasteiger charge is 2.20. The largest absolute Gasteiger partial charge is 0.493 e. The van der Waals surface area contributed by atoms with Gasteiger partial charge >= 0.3 is 5.97 Å². The van der Waals surface area contributed by atoms with Gasteiger partial charge in [0.2, 0.25) is 0 Å². The Bertz CT molecular complexity index is 1350. The summed E-state index contributed by atoms with van der Waals surface area (Å²) >= 11 is 0. The van der Waals surface area contributed by atoms with Crippen LogP contribution in [0.15, 0.2) is 42.6 Å². The van der Waals surface area contributed by atoms with Crippen molar-refractivity contribution in [3.63, 3.8) is 0 Å². The second-order valence-corrected chi connectivity index (χ2v) is 10.5. The molecule has 0 amide bonds. The molecule has 9 nitrogen and oxygen atoms in total. The van der Waals surface area contributed by atoms with Crippen LogP contribution < -0.4 is 14.2 Å². The fourth-order valence-corrected chi connectivity index (χ4v) is 3.53. The Kier molecular flexibility index (Phi) is 8.36. The minimum atomic E-state index is -3.51. The summed E-state index contributed by atoms with van der Waals surface area (Å²) < 4.78 is 63.8. The third kappa shape index (κ3) is 7.53. The van der Waals surface area contributed by atoms with Crippen LogP contribution in [0.1, 0.15) is 37.6 Å². The Hall–Kier alpha value is -3.44. The van der Waals surface area contributed by atoms with Crippen LogP contribution in [0, 0.1) is 5.82 Å². The molecule has 0 aliphatic heterocycles. The summed E-state index contributed by atoms with van der Waals surface area (Å²) in [5.41, 5.74) is -0.134. The molecule has 1 aromatic heterocycles. The second-order valence-electron chi connectivity index (χ2n) is 8.81. The molecule has 0 atom stereocenters. The van der Waals surface area contributed by atoms with Gasteiger partial charge in [0.25, 0.3) is 10.1 Å². The maximum atomic E-state index is 14.8. The number of hydrogen-bond acceptors (Lipinski definition) is 9. The number of esters is 1. The molecular weight excluding hydrogens is 493 g/mol. The van der Waals surface area contributed by atoms with Gasteiger partial charge in [-0.2, -0.15) is 8.42 Å². The van der Waals surface area contributed by atoms with E-state index in [1.54, 1.807) is 39.0 Å². The number of nitrogens with zero attached hydrogens (tertiary/aromatic N) is 1. The molecule has 0 saturated heterocycles. The quantitative estimate of drug-likeness (QED) is 0.209. The van der Waals surface area contributed by atoms with Crippen molar-refractivity contribution in [3.8, 4) is 23.0 Å². The summed E-state index contributed by atoms with van der Waals surface area (Å²) in [6.07, 6.45) is 2.82. The van der Waals surface area contributed by atoms with E-state index in [2.05, 4.69) is 4.98 Å². The number of pyridine rings is 1. The molecule has 0 N–H and O–H groups in total. The van der Waals surface area contributed by atoms with Crippen molar-refractivity contribution in [2.45, 2.75) is 32.8 Å². The van der Waals surface area contributed by atoms with E-state index in [-0.39, 0.29) is 24.5 Å². The Morgan fingerprint density at radius 2 is 1.75 bits per heavy atom. The van der Waals surface area contributed by atoms with E-state index in [1.807, 2.05) is 0 Å². The van der Waals surface area contributed by atoms with Crippen molar-refractivity contribution in [3.05, 3.63) is 54.0 Å². The third-order valence-corrected chi connectivity index (χ3v) is 5.21. The van der Waals surface area contributed by atoms with Gasteiger partial charge in [-0.3, -0.25) is 9.17 Å². The Morgan fingerprint density at radius 3 is 2.39 bits per heavy atom. The van der Waals surface area contributed by atoms with Crippen molar-refractivity contribution in [2.75, 3.05) is 26.6 Å². The van der Waals surface area contributed by atoms with Gasteiger partial charge in [-0.25, -0.2) is 9.18 Å². The first-order valence-electron chi connectivity index (χ1n) is 11.0. The number of halogens is 1. The molecule has 0 radical (unpaired) electrons. The molecular formula is C25H28FNO8S. The molecule has 2 aromatic carbocycles. The van der Waals surface area contributed by atoms with Crippen molar-refractivity contribution in [1.82, 2.24) is 4.98 Å². The molecule has 3 aromatic rings. The van der Waals surface area contributed by atoms with Crippen molar-refractivity contribution in [1.29, 1.82) is 0 Å². The zero-order valence-electron chi connectivity index (χ0n) is 20.7. The van der Waals surface area contributed by atoms with E-state index in [1.165, 1.54) is 25.4 Å². The van der Waals surface area contributed by atoms with Crippen LogP contribution in [0.2, 0.25) is 0 Å². The normalized spacial score (nSPS) is 11.8. The van der Waals surface area contributed by atoms with E-state index in [0.29, 0.717) is 34.6 Å². The summed E-state index contributed by atoms with van der Waals surface area (Å²) in [7, 11) is -2.05. The SMILES string of the molecule is COc1cc2c(Oc3ccc(C(=O)OC(C)(C)C)cc3F)ccnc2cc1OCCCOS(C)(=O)=O. The number of rotatable bonds is 10. The van der Waals surface area contributed by atoms with Gasteiger partial charge in [0.05, 0.1) is 37.7 Å². The average Bonchev–Trinajstić information content (AvgIpc) is 2.78. The topological polar surface area (TPSA) is 110 Å². The average molecular weight is 522 g/mol. The van der Waals surface area contributed by atoms with Gasteiger partial charge in [-0.05, 0) is 51.1 Å². The van der Waals surface area contributed by atoms with Gasteiger partial charge in [0.15, 0.2) is 23.1 Å². The molecule has 3 rings (SSSR count). The summed E-state index contributed by atoms with van der Waals surface area (Å²) in [5, 5.41) is 0.540. The number of benzene rings is 2. The van der Waals surface area contributed by atoms with Crippen LogP contribution in [0.4, 0.5) is 4.39 Å². The maximum Gasteiger partial charge on any atom is 0.338 e. The summed E-state index contributed by atoms with van der Waals surface area (Å²) in [6, 6.07) is 8.70. The fraction of sp³-hybridized carbons (Fsp3) is 0.360. The van der Waals surface area contributed by atoms with Crippen molar-refractivity contribution in [2.24, 2.45) is 0 Å². The number of fused-ring (bicyclic) bond motifs is 1. The molecule has 0 fully saturated rings. The zero-order valence-corrected chi connectivity index (χ0v) is 21.5. The molecule has 0 bridgehead atoms. The lowest BCUT2D eigenvalue weighted by Crippen LogP contribution is -2.23. The molecule has 0 spiro atoms. The second kappa shape index (κ2) is 11.1. The highest BCUT2D eigenvalue weighted by molar-refractivity contribution is 7.85. The van der Waals surface area contributed by atoms with Crippen LogP contribution in [0.3, 0.4) is 0 Å². The van der Waals surface area contributed by atoms with Crippen molar-refractivity contribution < 1.29 is 40.7 Å². The number of ether oxygens (including phenoxy) is 4. The highest BCUT2D eigenvalue weighted by Crippen LogP contribution is 2.37. The van der Waals surface area contributed by atoms with Crippen LogP contribution in [0.25, 0.3) is 10.9 Å². The third-order valence-electron chi connectivity index (χ3n) is 4.62. The number of methoxy groups -OCH3 is 1. The minimum absolute atomic E-state index is 0.0107. The number of carbonyl (C=O) groups is 1. The summed E-state index contributed by atoms with van der Waals surface area (Å²) in [4.78, 5) is 16.5. The predicted molar refractivity (Wildman–Crippen MR) is 131 cm³/mol. The minimum Gasteiger partial charge on any atom is -0.493 e. The highest BCUT2D eigenvalue weighted by atomic mass is 32.2.